The number of rotatable bonds is 7. The van der Waals surface area contributed by atoms with Crippen LogP contribution in [0, 0.1) is 0 Å². The number of benzene rings is 1. The number of aliphatic hydroxyl groups is 2. The quantitative estimate of drug-likeness (QED) is 0.779. The van der Waals surface area contributed by atoms with E-state index in [0.29, 0.717) is 13.2 Å². The monoisotopic (exact) mass is 362 g/mol. The van der Waals surface area contributed by atoms with Gasteiger partial charge in [0.05, 0.1) is 6.10 Å². The van der Waals surface area contributed by atoms with Gasteiger partial charge in [-0.3, -0.25) is 4.90 Å². The number of nitrogens with zero attached hydrogens (tertiary/aromatic N) is 2. The maximum absolute atomic E-state index is 10.3. The highest BCUT2D eigenvalue weighted by molar-refractivity contribution is 5.28. The van der Waals surface area contributed by atoms with Gasteiger partial charge in [0.2, 0.25) is 0 Å². The molecule has 1 atom stereocenters. The summed E-state index contributed by atoms with van der Waals surface area (Å²) in [4.78, 5) is 4.73. The molecule has 1 aromatic rings. The molecule has 0 unspecified atom stereocenters. The third kappa shape index (κ3) is 5.43. The van der Waals surface area contributed by atoms with Crippen LogP contribution in [-0.2, 0) is 6.54 Å². The summed E-state index contributed by atoms with van der Waals surface area (Å²) >= 11 is 0. The van der Waals surface area contributed by atoms with Crippen molar-refractivity contribution in [2.75, 3.05) is 32.8 Å². The molecular weight excluding hydrogens is 328 g/mol. The van der Waals surface area contributed by atoms with Gasteiger partial charge >= 0.3 is 0 Å². The molecule has 2 aliphatic rings. The maximum Gasteiger partial charge on any atom is 0.119 e. The molecule has 146 valence electrons. The number of piperidine rings is 1. The van der Waals surface area contributed by atoms with Crippen LogP contribution < -0.4 is 4.74 Å². The Labute approximate surface area is 157 Å². The largest absolute Gasteiger partial charge is 0.491 e. The maximum atomic E-state index is 10.3. The van der Waals surface area contributed by atoms with Crippen molar-refractivity contribution in [1.29, 1.82) is 0 Å². The van der Waals surface area contributed by atoms with E-state index in [-0.39, 0.29) is 11.6 Å². The highest BCUT2D eigenvalue weighted by Crippen LogP contribution is 2.30. The Balaban J connectivity index is 1.46. The van der Waals surface area contributed by atoms with Crippen LogP contribution in [0.3, 0.4) is 0 Å². The minimum Gasteiger partial charge on any atom is -0.491 e. The molecule has 0 saturated carbocycles. The molecule has 1 aromatic carbocycles. The van der Waals surface area contributed by atoms with Crippen molar-refractivity contribution in [2.45, 2.75) is 63.8 Å². The van der Waals surface area contributed by atoms with Gasteiger partial charge in [0.15, 0.2) is 0 Å². The summed E-state index contributed by atoms with van der Waals surface area (Å²) < 4.78 is 5.84. The first-order valence-corrected chi connectivity index (χ1v) is 9.98. The molecule has 2 saturated heterocycles. The number of aliphatic hydroxyl groups excluding tert-OH is 2. The fraction of sp³-hybridized carbons (Fsp3) is 0.714. The van der Waals surface area contributed by atoms with Crippen molar-refractivity contribution < 1.29 is 14.9 Å². The second kappa shape index (κ2) is 8.70. The Bertz CT molecular complexity index is 570. The molecule has 0 spiro atoms. The summed E-state index contributed by atoms with van der Waals surface area (Å²) in [6.07, 6.45) is 3.42. The van der Waals surface area contributed by atoms with E-state index in [2.05, 4.69) is 35.8 Å². The predicted molar refractivity (Wildman–Crippen MR) is 103 cm³/mol. The van der Waals surface area contributed by atoms with E-state index in [1.165, 1.54) is 18.4 Å². The minimum atomic E-state index is -0.508. The topological polar surface area (TPSA) is 56.2 Å². The Morgan fingerprint density at radius 2 is 2.00 bits per heavy atom. The van der Waals surface area contributed by atoms with Crippen molar-refractivity contribution in [1.82, 2.24) is 9.80 Å². The van der Waals surface area contributed by atoms with Gasteiger partial charge < -0.3 is 19.8 Å². The van der Waals surface area contributed by atoms with E-state index in [0.717, 1.165) is 44.8 Å². The first-order valence-electron chi connectivity index (χ1n) is 9.98. The Kier molecular flexibility index (Phi) is 6.56. The lowest BCUT2D eigenvalue weighted by Gasteiger charge is -2.31. The average Bonchev–Trinajstić information content (AvgIpc) is 2.94. The Hall–Kier alpha value is -1.14. The van der Waals surface area contributed by atoms with Crippen LogP contribution in [0.15, 0.2) is 24.3 Å². The molecule has 0 aromatic heterocycles. The van der Waals surface area contributed by atoms with Crippen molar-refractivity contribution in [2.24, 2.45) is 0 Å². The first kappa shape index (κ1) is 19.6. The van der Waals surface area contributed by atoms with Gasteiger partial charge in [-0.1, -0.05) is 12.1 Å². The van der Waals surface area contributed by atoms with Gasteiger partial charge in [-0.15, -0.1) is 0 Å². The van der Waals surface area contributed by atoms with Crippen LogP contribution in [0.25, 0.3) is 0 Å². The van der Waals surface area contributed by atoms with Crippen molar-refractivity contribution in [3.8, 4) is 5.75 Å². The summed E-state index contributed by atoms with van der Waals surface area (Å²) in [5, 5.41) is 19.8. The molecule has 0 bridgehead atoms. The minimum absolute atomic E-state index is 0.178. The molecule has 5 heteroatoms. The lowest BCUT2D eigenvalue weighted by Crippen LogP contribution is -2.41. The van der Waals surface area contributed by atoms with E-state index < -0.39 is 6.10 Å². The zero-order valence-electron chi connectivity index (χ0n) is 16.2. The third-order valence-corrected chi connectivity index (χ3v) is 5.81. The number of hydrogen-bond donors (Lipinski definition) is 2. The number of hydrogen-bond acceptors (Lipinski definition) is 5. The lowest BCUT2D eigenvalue weighted by atomic mass is 10.0. The molecule has 5 nitrogen and oxygen atoms in total. The molecule has 2 fully saturated rings. The molecule has 2 N–H and O–H groups in total. The molecule has 0 amide bonds. The van der Waals surface area contributed by atoms with E-state index in [9.17, 15) is 10.2 Å². The highest BCUT2D eigenvalue weighted by Gasteiger charge is 2.31. The normalized spacial score (nSPS) is 23.2. The summed E-state index contributed by atoms with van der Waals surface area (Å²) in [5.74, 6) is 0.826. The summed E-state index contributed by atoms with van der Waals surface area (Å²) in [6.45, 7) is 9.33. The first-order chi connectivity index (χ1) is 12.4. The summed E-state index contributed by atoms with van der Waals surface area (Å²) in [6, 6.07) is 8.24. The summed E-state index contributed by atoms with van der Waals surface area (Å²) in [5.41, 5.74) is 1.53. The van der Waals surface area contributed by atoms with Crippen LogP contribution in [-0.4, -0.2) is 70.5 Å². The number of likely N-dealkylation sites (tertiary alicyclic amines) is 2. The second-order valence-electron chi connectivity index (χ2n) is 8.48. The average molecular weight is 363 g/mol. The fourth-order valence-corrected chi connectivity index (χ4v) is 4.06. The van der Waals surface area contributed by atoms with Gasteiger partial charge in [0.25, 0.3) is 0 Å². The van der Waals surface area contributed by atoms with Gasteiger partial charge in [0.1, 0.15) is 18.5 Å². The fourth-order valence-electron chi connectivity index (χ4n) is 4.06. The van der Waals surface area contributed by atoms with Gasteiger partial charge in [0, 0.05) is 31.7 Å². The number of ether oxygens (including phenoxy) is 1. The van der Waals surface area contributed by atoms with E-state index in [1.54, 1.807) is 0 Å². The third-order valence-electron chi connectivity index (χ3n) is 5.81. The van der Waals surface area contributed by atoms with Gasteiger partial charge in [-0.2, -0.15) is 0 Å². The Morgan fingerprint density at radius 1 is 1.23 bits per heavy atom. The molecular formula is C21H34N2O3. The molecule has 0 radical (unpaired) electrons. The van der Waals surface area contributed by atoms with Crippen LogP contribution in [0.1, 0.15) is 45.1 Å². The van der Waals surface area contributed by atoms with Gasteiger partial charge in [-0.05, 0) is 63.8 Å². The van der Waals surface area contributed by atoms with Crippen LogP contribution >= 0.6 is 0 Å². The van der Waals surface area contributed by atoms with Crippen LogP contribution in [0.5, 0.6) is 5.75 Å². The molecule has 2 heterocycles. The SMILES string of the molecule is CC1(C)CCCN1Cc1cccc(OC[C@H](O)CN2CCC(O)CC2)c1. The molecule has 3 rings (SSSR count). The van der Waals surface area contributed by atoms with E-state index in [1.807, 2.05) is 12.1 Å². The van der Waals surface area contributed by atoms with Crippen molar-refractivity contribution >= 4 is 0 Å². The zero-order valence-corrected chi connectivity index (χ0v) is 16.2. The zero-order chi connectivity index (χ0) is 18.6. The van der Waals surface area contributed by atoms with E-state index >= 15 is 0 Å². The van der Waals surface area contributed by atoms with E-state index in [4.69, 9.17) is 4.74 Å². The molecule has 0 aliphatic carbocycles. The number of β-amino-alcohol motifs (C(OH)–C–C–N with tert-alkyl or cyclic N) is 1. The second-order valence-corrected chi connectivity index (χ2v) is 8.48. The standard InChI is InChI=1S/C21H34N2O3/c1-21(2)9-4-10-23(21)14-17-5-3-6-20(13-17)26-16-19(25)15-22-11-7-18(24)8-12-22/h3,5-6,13,18-19,24-25H,4,7-12,14-16H2,1-2H3/t19-/m1/s1. The lowest BCUT2D eigenvalue weighted by molar-refractivity contribution is 0.0337. The van der Waals surface area contributed by atoms with Crippen molar-refractivity contribution in [3.05, 3.63) is 29.8 Å². The summed E-state index contributed by atoms with van der Waals surface area (Å²) in [7, 11) is 0. The van der Waals surface area contributed by atoms with Crippen molar-refractivity contribution in [3.63, 3.8) is 0 Å². The van der Waals surface area contributed by atoms with Crippen LogP contribution in [0.2, 0.25) is 0 Å². The Morgan fingerprint density at radius 3 is 2.69 bits per heavy atom. The van der Waals surface area contributed by atoms with Gasteiger partial charge in [-0.25, -0.2) is 0 Å². The smallest absolute Gasteiger partial charge is 0.119 e. The van der Waals surface area contributed by atoms with Crippen LogP contribution in [0.4, 0.5) is 0 Å². The molecule has 26 heavy (non-hydrogen) atoms. The highest BCUT2D eigenvalue weighted by atomic mass is 16.5. The molecule has 2 aliphatic heterocycles. The predicted octanol–water partition coefficient (Wildman–Crippen LogP) is 2.26.